The van der Waals surface area contributed by atoms with Crippen LogP contribution in [0.15, 0.2) is 60.0 Å². The van der Waals surface area contributed by atoms with Crippen LogP contribution >= 0.6 is 0 Å². The number of hydrogen-bond donors (Lipinski definition) is 1. The summed E-state index contributed by atoms with van der Waals surface area (Å²) in [6.07, 6.45) is -2.99. The molecule has 0 spiro atoms. The number of hydrazone groups is 1. The highest BCUT2D eigenvalue weighted by Gasteiger charge is 2.63. The van der Waals surface area contributed by atoms with Gasteiger partial charge in [0.05, 0.1) is 12.1 Å². The molecular weight excluding hydrogens is 347 g/mol. The van der Waals surface area contributed by atoms with Crippen LogP contribution in [0.1, 0.15) is 24.0 Å². The summed E-state index contributed by atoms with van der Waals surface area (Å²) in [7, 11) is 0. The first-order valence-electron chi connectivity index (χ1n) is 7.95. The number of carbonyl (C=O) groups excluding carboxylic acids is 1. The number of carbonyl (C=O) groups is 1. The van der Waals surface area contributed by atoms with E-state index in [0.717, 1.165) is 5.56 Å². The number of aliphatic hydroxyl groups is 1. The minimum absolute atomic E-state index is 0.0136. The molecule has 2 heterocycles. The Morgan fingerprint density at radius 3 is 2.42 bits per heavy atom. The van der Waals surface area contributed by atoms with E-state index in [2.05, 4.69) is 10.1 Å². The first-order chi connectivity index (χ1) is 12.3. The van der Waals surface area contributed by atoms with E-state index in [0.29, 0.717) is 5.56 Å². The van der Waals surface area contributed by atoms with E-state index in [1.54, 1.807) is 30.3 Å². The van der Waals surface area contributed by atoms with Gasteiger partial charge in [0.1, 0.15) is 0 Å². The van der Waals surface area contributed by atoms with Crippen LogP contribution in [0.5, 0.6) is 0 Å². The summed E-state index contributed by atoms with van der Waals surface area (Å²) in [4.78, 5) is 16.2. The average Bonchev–Trinajstić information content (AvgIpc) is 3.00. The molecule has 0 fully saturated rings. The molecule has 3 rings (SSSR count). The van der Waals surface area contributed by atoms with E-state index in [1.165, 1.54) is 24.5 Å². The van der Waals surface area contributed by atoms with Gasteiger partial charge in [-0.15, -0.1) is 0 Å². The fraction of sp³-hybridized carbons (Fsp3) is 0.278. The van der Waals surface area contributed by atoms with Gasteiger partial charge in [-0.1, -0.05) is 30.3 Å². The average molecular weight is 363 g/mol. The van der Waals surface area contributed by atoms with Gasteiger partial charge in [-0.2, -0.15) is 23.3 Å². The van der Waals surface area contributed by atoms with Crippen molar-refractivity contribution in [1.82, 2.24) is 9.99 Å². The maximum atomic E-state index is 13.5. The van der Waals surface area contributed by atoms with E-state index in [-0.39, 0.29) is 23.6 Å². The lowest BCUT2D eigenvalue weighted by atomic mass is 10.0. The minimum atomic E-state index is -5.03. The van der Waals surface area contributed by atoms with Crippen LogP contribution < -0.4 is 0 Å². The molecule has 0 saturated carbocycles. The summed E-state index contributed by atoms with van der Waals surface area (Å²) in [5.41, 5.74) is -2.17. The van der Waals surface area contributed by atoms with Crippen LogP contribution in [0.4, 0.5) is 13.2 Å². The molecule has 136 valence electrons. The van der Waals surface area contributed by atoms with Gasteiger partial charge in [0, 0.05) is 24.4 Å². The molecular formula is C18H16F3N3O2. The number of benzene rings is 1. The highest BCUT2D eigenvalue weighted by atomic mass is 19.4. The second-order valence-corrected chi connectivity index (χ2v) is 5.96. The van der Waals surface area contributed by atoms with E-state index in [1.807, 2.05) is 0 Å². The second kappa shape index (κ2) is 6.87. The molecule has 0 bridgehead atoms. The van der Waals surface area contributed by atoms with Gasteiger partial charge in [0.2, 0.25) is 5.91 Å². The number of pyridine rings is 1. The highest BCUT2D eigenvalue weighted by Crippen LogP contribution is 2.41. The molecule has 1 aliphatic rings. The molecule has 26 heavy (non-hydrogen) atoms. The van der Waals surface area contributed by atoms with Crippen molar-refractivity contribution in [2.45, 2.75) is 31.2 Å². The largest absolute Gasteiger partial charge is 0.438 e. The second-order valence-electron chi connectivity index (χ2n) is 5.96. The molecule has 0 aliphatic carbocycles. The number of aryl methyl sites for hydroxylation is 1. The highest BCUT2D eigenvalue weighted by molar-refractivity contribution is 6.03. The molecule has 1 aromatic heterocycles. The van der Waals surface area contributed by atoms with Crippen LogP contribution in [0, 0.1) is 0 Å². The van der Waals surface area contributed by atoms with Crippen LogP contribution in [-0.4, -0.2) is 38.6 Å². The predicted octanol–water partition coefficient (Wildman–Crippen LogP) is 2.90. The van der Waals surface area contributed by atoms with Gasteiger partial charge in [-0.05, 0) is 24.1 Å². The van der Waals surface area contributed by atoms with Crippen LogP contribution in [0.3, 0.4) is 0 Å². The standard InChI is InChI=1S/C18H16F3N3O2/c19-18(20,21)17(26)12-15(14-8-10-22-11-9-14)23-24(17)16(25)7-6-13-4-2-1-3-5-13/h1-5,8-11,26H,6-7,12H2/t17-/m1/s1. The minimum Gasteiger partial charge on any atom is -0.362 e. The third-order valence-electron chi connectivity index (χ3n) is 4.16. The maximum absolute atomic E-state index is 13.5. The molecule has 1 N–H and O–H groups in total. The zero-order valence-corrected chi connectivity index (χ0v) is 13.6. The van der Waals surface area contributed by atoms with Crippen molar-refractivity contribution in [3.05, 3.63) is 66.0 Å². The summed E-state index contributed by atoms with van der Waals surface area (Å²) in [6, 6.07) is 11.9. The Kier molecular flexibility index (Phi) is 4.78. The molecule has 0 radical (unpaired) electrons. The quantitative estimate of drug-likeness (QED) is 0.908. The Bertz CT molecular complexity index is 809. The van der Waals surface area contributed by atoms with E-state index in [4.69, 9.17) is 0 Å². The fourth-order valence-corrected chi connectivity index (χ4v) is 2.74. The Balaban J connectivity index is 1.85. The zero-order valence-electron chi connectivity index (χ0n) is 13.6. The number of rotatable bonds is 4. The Morgan fingerprint density at radius 1 is 1.15 bits per heavy atom. The number of nitrogens with zero attached hydrogens (tertiary/aromatic N) is 3. The van der Waals surface area contributed by atoms with Crippen molar-refractivity contribution in [3.8, 4) is 0 Å². The smallest absolute Gasteiger partial charge is 0.362 e. The number of aromatic nitrogens is 1. The number of hydrogen-bond acceptors (Lipinski definition) is 4. The van der Waals surface area contributed by atoms with Crippen molar-refractivity contribution >= 4 is 11.6 Å². The lowest BCUT2D eigenvalue weighted by Gasteiger charge is -2.32. The summed E-state index contributed by atoms with van der Waals surface area (Å²) < 4.78 is 40.4. The van der Waals surface area contributed by atoms with E-state index < -0.39 is 24.2 Å². The Morgan fingerprint density at radius 2 is 1.81 bits per heavy atom. The molecule has 5 nitrogen and oxygen atoms in total. The van der Waals surface area contributed by atoms with Gasteiger partial charge in [-0.25, -0.2) is 0 Å². The lowest BCUT2D eigenvalue weighted by Crippen LogP contribution is -2.56. The molecule has 0 unspecified atom stereocenters. The third-order valence-corrected chi connectivity index (χ3v) is 4.16. The summed E-state index contributed by atoms with van der Waals surface area (Å²) in [5.74, 6) is -0.891. The van der Waals surface area contributed by atoms with E-state index in [9.17, 15) is 23.1 Å². The normalized spacial score (nSPS) is 20.2. The van der Waals surface area contributed by atoms with Gasteiger partial charge in [0.25, 0.3) is 5.72 Å². The molecule has 0 saturated heterocycles. The third kappa shape index (κ3) is 3.45. The van der Waals surface area contributed by atoms with Crippen molar-refractivity contribution in [1.29, 1.82) is 0 Å². The first kappa shape index (κ1) is 18.1. The van der Waals surface area contributed by atoms with Crippen LogP contribution in [0.25, 0.3) is 0 Å². The van der Waals surface area contributed by atoms with Gasteiger partial charge >= 0.3 is 6.18 Å². The number of halogens is 3. The molecule has 1 aliphatic heterocycles. The topological polar surface area (TPSA) is 65.8 Å². The van der Waals surface area contributed by atoms with Crippen molar-refractivity contribution < 1.29 is 23.1 Å². The molecule has 2 aromatic rings. The Labute approximate surface area is 147 Å². The number of alkyl halides is 3. The summed E-state index contributed by atoms with van der Waals surface area (Å²) in [6.45, 7) is 0. The predicted molar refractivity (Wildman–Crippen MR) is 88.0 cm³/mol. The zero-order chi connectivity index (χ0) is 18.8. The lowest BCUT2D eigenvalue weighted by molar-refractivity contribution is -0.302. The summed E-state index contributed by atoms with van der Waals surface area (Å²) >= 11 is 0. The molecule has 1 amide bonds. The van der Waals surface area contributed by atoms with Gasteiger partial charge in [-0.3, -0.25) is 9.78 Å². The monoisotopic (exact) mass is 363 g/mol. The van der Waals surface area contributed by atoms with Crippen molar-refractivity contribution in [3.63, 3.8) is 0 Å². The first-order valence-corrected chi connectivity index (χ1v) is 7.95. The van der Waals surface area contributed by atoms with Gasteiger partial charge < -0.3 is 5.11 Å². The SMILES string of the molecule is O=C(CCc1ccccc1)N1N=C(c2ccncc2)C[C@@]1(O)C(F)(F)F. The van der Waals surface area contributed by atoms with E-state index >= 15 is 0 Å². The maximum Gasteiger partial charge on any atom is 0.438 e. The van der Waals surface area contributed by atoms with Gasteiger partial charge in [0.15, 0.2) is 0 Å². The van der Waals surface area contributed by atoms with Crippen molar-refractivity contribution in [2.75, 3.05) is 0 Å². The molecule has 1 aromatic carbocycles. The molecule has 1 atom stereocenters. The fourth-order valence-electron chi connectivity index (χ4n) is 2.74. The van der Waals surface area contributed by atoms with Crippen LogP contribution in [0.2, 0.25) is 0 Å². The van der Waals surface area contributed by atoms with Crippen molar-refractivity contribution in [2.24, 2.45) is 5.10 Å². The molecule has 8 heteroatoms. The number of amides is 1. The Hall–Kier alpha value is -2.74. The summed E-state index contributed by atoms with van der Waals surface area (Å²) in [5, 5.41) is 14.2. The van der Waals surface area contributed by atoms with Crippen LogP contribution in [-0.2, 0) is 11.2 Å².